The summed E-state index contributed by atoms with van der Waals surface area (Å²) in [6.45, 7) is 0. The van der Waals surface area contributed by atoms with Crippen LogP contribution in [0.2, 0.25) is 0 Å². The van der Waals surface area contributed by atoms with Gasteiger partial charge < -0.3 is 20.4 Å². The molecule has 0 rings (SSSR count). The second-order valence-electron chi connectivity index (χ2n) is 2.48. The Labute approximate surface area is 116 Å². The van der Waals surface area contributed by atoms with E-state index in [1.165, 1.54) is 0 Å². The van der Waals surface area contributed by atoms with Crippen LogP contribution in [-0.2, 0) is 14.4 Å². The summed E-state index contributed by atoms with van der Waals surface area (Å²) >= 11 is 0. The van der Waals surface area contributed by atoms with Gasteiger partial charge in [0.15, 0.2) is 5.60 Å². The molecule has 0 aliphatic heterocycles. The van der Waals surface area contributed by atoms with Gasteiger partial charge in [0.2, 0.25) is 0 Å². The van der Waals surface area contributed by atoms with Crippen molar-refractivity contribution in [2.24, 2.45) is 0 Å². The molecule has 14 heavy (non-hydrogen) atoms. The number of carboxylic acids is 3. The predicted octanol–water partition coefficient (Wildman–Crippen LogP) is -2.16. The summed E-state index contributed by atoms with van der Waals surface area (Å²) in [5.74, 6) is -5.02. The van der Waals surface area contributed by atoms with E-state index in [1.807, 2.05) is 0 Å². The summed E-state index contributed by atoms with van der Waals surface area (Å²) in [6.07, 6.45) is -2.29. The van der Waals surface area contributed by atoms with E-state index in [1.54, 1.807) is 0 Å². The van der Waals surface area contributed by atoms with Crippen molar-refractivity contribution in [3.8, 4) is 0 Å². The molecule has 4 N–H and O–H groups in total. The Morgan fingerprint density at radius 2 is 1.21 bits per heavy atom. The van der Waals surface area contributed by atoms with Crippen LogP contribution in [0.3, 0.4) is 0 Å². The molecule has 7 nitrogen and oxygen atoms in total. The number of carboxylic acid groups (broad SMARTS) is 3. The summed E-state index contributed by atoms with van der Waals surface area (Å²) in [5, 5.41) is 33.8. The van der Waals surface area contributed by atoms with Crippen LogP contribution >= 0.6 is 0 Å². The molecule has 0 aromatic heterocycles. The Kier molecular flexibility index (Phi) is 7.39. The summed E-state index contributed by atoms with van der Waals surface area (Å²) in [4.78, 5) is 30.5. The Morgan fingerprint density at radius 1 is 0.929 bits per heavy atom. The van der Waals surface area contributed by atoms with Crippen molar-refractivity contribution in [3.05, 3.63) is 0 Å². The van der Waals surface area contributed by atoms with E-state index in [-0.39, 0.29) is 45.5 Å². The average Bonchev–Trinajstić information content (AvgIpc) is 1.82. The van der Waals surface area contributed by atoms with Gasteiger partial charge in [0.05, 0.1) is 12.8 Å². The van der Waals surface area contributed by atoms with Crippen LogP contribution in [0.5, 0.6) is 0 Å². The van der Waals surface area contributed by atoms with Crippen LogP contribution in [0.4, 0.5) is 0 Å². The third kappa shape index (κ3) is 5.55. The van der Waals surface area contributed by atoms with Crippen molar-refractivity contribution >= 4 is 63.4 Å². The minimum absolute atomic E-state index is 0. The van der Waals surface area contributed by atoms with E-state index in [4.69, 9.17) is 20.4 Å². The molecular weight excluding hydrogens is 272 g/mol. The van der Waals surface area contributed by atoms with E-state index in [0.717, 1.165) is 0 Å². The van der Waals surface area contributed by atoms with Gasteiger partial charge in [-0.3, -0.25) is 9.59 Å². The molecule has 0 aromatic rings. The van der Waals surface area contributed by atoms with Gasteiger partial charge in [-0.05, 0) is 0 Å². The molecule has 0 aromatic carbocycles. The molecule has 0 unspecified atom stereocenters. The van der Waals surface area contributed by atoms with E-state index in [0.29, 0.717) is 0 Å². The van der Waals surface area contributed by atoms with Gasteiger partial charge in [-0.1, -0.05) is 0 Å². The first-order valence-electron chi connectivity index (χ1n) is 3.17. The van der Waals surface area contributed by atoms with Crippen LogP contribution in [-0.4, -0.2) is 89.4 Å². The standard InChI is InChI=1S/C6H8O7.Sr.2H/c7-3(8)1-6(13,5(11)12)2-4(9)10;;;/h13H,1-2H2,(H,7,8)(H,9,10)(H,11,12);;;. The van der Waals surface area contributed by atoms with E-state index in [9.17, 15) is 14.4 Å². The number of aliphatic carboxylic acids is 3. The molecule has 0 saturated heterocycles. The topological polar surface area (TPSA) is 132 Å². The van der Waals surface area contributed by atoms with Crippen molar-refractivity contribution in [2.75, 3.05) is 0 Å². The predicted molar refractivity (Wildman–Crippen MR) is 45.6 cm³/mol. The summed E-state index contributed by atoms with van der Waals surface area (Å²) < 4.78 is 0. The maximum atomic E-state index is 10.3. The van der Waals surface area contributed by atoms with Gasteiger partial charge in [-0.2, -0.15) is 0 Å². The maximum absolute atomic E-state index is 10.3. The molecule has 0 aliphatic rings. The van der Waals surface area contributed by atoms with Crippen LogP contribution in [0.25, 0.3) is 0 Å². The molecule has 0 spiro atoms. The van der Waals surface area contributed by atoms with Gasteiger partial charge in [-0.25, -0.2) is 4.79 Å². The normalized spacial score (nSPS) is 10.1. The van der Waals surface area contributed by atoms with Gasteiger partial charge in [0.1, 0.15) is 0 Å². The minimum atomic E-state index is -2.74. The number of hydrogen-bond acceptors (Lipinski definition) is 4. The van der Waals surface area contributed by atoms with Gasteiger partial charge in [0.25, 0.3) is 0 Å². The zero-order valence-corrected chi connectivity index (χ0v) is 6.43. The molecule has 0 aliphatic carbocycles. The third-order valence-electron chi connectivity index (χ3n) is 1.29. The zero-order chi connectivity index (χ0) is 10.6. The van der Waals surface area contributed by atoms with Crippen molar-refractivity contribution in [1.82, 2.24) is 0 Å². The molecule has 78 valence electrons. The molecule has 0 atom stereocenters. The Hall–Kier alpha value is -0.149. The van der Waals surface area contributed by atoms with E-state index >= 15 is 0 Å². The van der Waals surface area contributed by atoms with Crippen molar-refractivity contribution < 1.29 is 34.8 Å². The summed E-state index contributed by atoms with van der Waals surface area (Å²) in [7, 11) is 0. The molecule has 0 heterocycles. The molecule has 0 radical (unpaired) electrons. The first-order valence-corrected chi connectivity index (χ1v) is 3.17. The second kappa shape index (κ2) is 6.36. The second-order valence-corrected chi connectivity index (χ2v) is 2.48. The first-order chi connectivity index (χ1) is 5.78. The zero-order valence-electron chi connectivity index (χ0n) is 6.43. The Morgan fingerprint density at radius 3 is 1.36 bits per heavy atom. The van der Waals surface area contributed by atoms with Crippen molar-refractivity contribution in [2.45, 2.75) is 18.4 Å². The summed E-state index contributed by atoms with van der Waals surface area (Å²) in [6, 6.07) is 0. The van der Waals surface area contributed by atoms with Gasteiger partial charge in [0, 0.05) is 0 Å². The third-order valence-corrected chi connectivity index (χ3v) is 1.29. The number of hydrogen-bond donors (Lipinski definition) is 4. The van der Waals surface area contributed by atoms with Gasteiger partial charge >= 0.3 is 63.4 Å². The number of rotatable bonds is 5. The first kappa shape index (κ1) is 16.3. The molecule has 0 saturated carbocycles. The molecular formula is C6H10O7Sr. The van der Waals surface area contributed by atoms with Crippen LogP contribution in [0, 0.1) is 0 Å². The van der Waals surface area contributed by atoms with E-state index in [2.05, 4.69) is 0 Å². The molecule has 0 fully saturated rings. The fourth-order valence-electron chi connectivity index (χ4n) is 0.714. The molecule has 0 bridgehead atoms. The van der Waals surface area contributed by atoms with Crippen molar-refractivity contribution in [3.63, 3.8) is 0 Å². The SMILES string of the molecule is O=C(O)CC(O)(CC(=O)O)C(=O)O.[SrH2]. The fraction of sp³-hybridized carbons (Fsp3) is 0.500. The number of carbonyl (C=O) groups is 3. The Balaban J connectivity index is 0. The number of aliphatic hydroxyl groups is 1. The van der Waals surface area contributed by atoms with E-state index < -0.39 is 36.4 Å². The van der Waals surface area contributed by atoms with Gasteiger partial charge in [-0.15, -0.1) is 0 Å². The quantitative estimate of drug-likeness (QED) is 0.422. The van der Waals surface area contributed by atoms with Crippen LogP contribution in [0.15, 0.2) is 0 Å². The average molecular weight is 282 g/mol. The molecule has 0 amide bonds. The fourth-order valence-corrected chi connectivity index (χ4v) is 0.714. The molecule has 8 heteroatoms. The summed E-state index contributed by atoms with van der Waals surface area (Å²) in [5.41, 5.74) is -2.74. The van der Waals surface area contributed by atoms with Crippen LogP contribution in [0.1, 0.15) is 12.8 Å². The Bertz CT molecular complexity index is 233. The van der Waals surface area contributed by atoms with Crippen LogP contribution < -0.4 is 0 Å². The van der Waals surface area contributed by atoms with Crippen molar-refractivity contribution in [1.29, 1.82) is 0 Å². The monoisotopic (exact) mass is 282 g/mol.